The molecule has 0 saturated carbocycles. The molecular weight excluding hydrogens is 246 g/mol. The van der Waals surface area contributed by atoms with Gasteiger partial charge in [0, 0.05) is 12.0 Å². The van der Waals surface area contributed by atoms with Gasteiger partial charge >= 0.3 is 0 Å². The molecule has 0 saturated heterocycles. The fraction of sp³-hybridized carbons (Fsp3) is 0.444. The normalized spacial score (nSPS) is 16.3. The molecule has 0 bridgehead atoms. The first-order valence-electron chi connectivity index (χ1n) is 7.31. The van der Waals surface area contributed by atoms with Crippen molar-refractivity contribution in [1.82, 2.24) is 4.90 Å². The maximum Gasteiger partial charge on any atom is 0.0761 e. The molecule has 2 aromatic rings. The number of rotatable bonds is 5. The summed E-state index contributed by atoms with van der Waals surface area (Å²) < 4.78 is 0. The van der Waals surface area contributed by atoms with Crippen LogP contribution in [0.1, 0.15) is 25.8 Å². The van der Waals surface area contributed by atoms with E-state index in [0.29, 0.717) is 6.42 Å². The van der Waals surface area contributed by atoms with Crippen molar-refractivity contribution in [1.29, 1.82) is 0 Å². The summed E-state index contributed by atoms with van der Waals surface area (Å²) in [5.74, 6) is 0. The second-order valence-corrected chi connectivity index (χ2v) is 5.96. The van der Waals surface area contributed by atoms with Crippen LogP contribution in [-0.2, 0) is 6.42 Å². The predicted molar refractivity (Wildman–Crippen MR) is 86.0 cm³/mol. The Labute approximate surface area is 122 Å². The van der Waals surface area contributed by atoms with Gasteiger partial charge in [-0.1, -0.05) is 49.4 Å². The van der Waals surface area contributed by atoms with Crippen LogP contribution in [0.2, 0.25) is 0 Å². The van der Waals surface area contributed by atoms with Crippen molar-refractivity contribution in [2.45, 2.75) is 38.3 Å². The van der Waals surface area contributed by atoms with Crippen molar-refractivity contribution in [2.75, 3.05) is 14.1 Å². The van der Waals surface area contributed by atoms with Gasteiger partial charge in [0.1, 0.15) is 0 Å². The Morgan fingerprint density at radius 2 is 1.75 bits per heavy atom. The Balaban J connectivity index is 2.32. The van der Waals surface area contributed by atoms with Crippen molar-refractivity contribution in [3.8, 4) is 0 Å². The molecule has 2 heteroatoms. The van der Waals surface area contributed by atoms with Crippen molar-refractivity contribution in [3.63, 3.8) is 0 Å². The highest BCUT2D eigenvalue weighted by Gasteiger charge is 2.33. The van der Waals surface area contributed by atoms with E-state index in [9.17, 15) is 5.11 Å². The number of hydrogen-bond acceptors (Lipinski definition) is 2. The van der Waals surface area contributed by atoms with Crippen molar-refractivity contribution in [3.05, 3.63) is 48.0 Å². The van der Waals surface area contributed by atoms with Crippen LogP contribution in [0.5, 0.6) is 0 Å². The van der Waals surface area contributed by atoms with E-state index < -0.39 is 0 Å². The number of likely N-dealkylation sites (N-methyl/N-ethyl adjacent to an activating group) is 1. The number of aliphatic hydroxyl groups is 1. The van der Waals surface area contributed by atoms with E-state index in [4.69, 9.17) is 0 Å². The van der Waals surface area contributed by atoms with Crippen LogP contribution < -0.4 is 0 Å². The van der Waals surface area contributed by atoms with E-state index in [1.54, 1.807) is 0 Å². The highest BCUT2D eigenvalue weighted by molar-refractivity contribution is 5.85. The standard InChI is InChI=1S/C18H25NO/c1-5-18(2,19(3)4)17(20)13-15-11-8-10-14-9-6-7-12-16(14)15/h6-12,17,20H,5,13H2,1-4H3. The Morgan fingerprint density at radius 1 is 1.10 bits per heavy atom. The molecule has 20 heavy (non-hydrogen) atoms. The Hall–Kier alpha value is -1.38. The number of hydrogen-bond donors (Lipinski definition) is 1. The lowest BCUT2D eigenvalue weighted by Gasteiger charge is -2.40. The average molecular weight is 271 g/mol. The van der Waals surface area contributed by atoms with Gasteiger partial charge < -0.3 is 10.0 Å². The lowest BCUT2D eigenvalue weighted by atomic mass is 9.85. The molecule has 0 aliphatic heterocycles. The van der Waals surface area contributed by atoms with Crippen LogP contribution >= 0.6 is 0 Å². The van der Waals surface area contributed by atoms with Gasteiger partial charge in [-0.25, -0.2) is 0 Å². The lowest BCUT2D eigenvalue weighted by Crippen LogP contribution is -2.51. The van der Waals surface area contributed by atoms with E-state index in [2.05, 4.69) is 61.2 Å². The minimum Gasteiger partial charge on any atom is -0.391 e. The molecule has 1 N–H and O–H groups in total. The highest BCUT2D eigenvalue weighted by atomic mass is 16.3. The third kappa shape index (κ3) is 2.72. The summed E-state index contributed by atoms with van der Waals surface area (Å²) in [6, 6.07) is 14.7. The summed E-state index contributed by atoms with van der Waals surface area (Å²) >= 11 is 0. The van der Waals surface area contributed by atoms with Gasteiger partial charge in [0.15, 0.2) is 0 Å². The lowest BCUT2D eigenvalue weighted by molar-refractivity contribution is 0.00319. The fourth-order valence-corrected chi connectivity index (χ4v) is 2.75. The molecule has 2 aromatic carbocycles. The number of nitrogens with zero attached hydrogens (tertiary/aromatic N) is 1. The summed E-state index contributed by atoms with van der Waals surface area (Å²) in [6.45, 7) is 4.26. The van der Waals surface area contributed by atoms with Gasteiger partial charge in [0.2, 0.25) is 0 Å². The van der Waals surface area contributed by atoms with Gasteiger partial charge in [0.25, 0.3) is 0 Å². The van der Waals surface area contributed by atoms with Gasteiger partial charge in [-0.3, -0.25) is 0 Å². The molecular formula is C18H25NO. The maximum absolute atomic E-state index is 10.7. The van der Waals surface area contributed by atoms with Crippen molar-refractivity contribution in [2.24, 2.45) is 0 Å². The Kier molecular flexibility index (Phi) is 4.46. The van der Waals surface area contributed by atoms with Gasteiger partial charge in [0.05, 0.1) is 6.10 Å². The zero-order chi connectivity index (χ0) is 14.8. The minimum atomic E-state index is -0.381. The summed E-state index contributed by atoms with van der Waals surface area (Å²) in [5, 5.41) is 13.2. The third-order valence-corrected chi connectivity index (χ3v) is 4.75. The first kappa shape index (κ1) is 15.0. The molecule has 108 valence electrons. The van der Waals surface area contributed by atoms with Crippen LogP contribution in [0.4, 0.5) is 0 Å². The van der Waals surface area contributed by atoms with Crippen LogP contribution in [0.25, 0.3) is 10.8 Å². The van der Waals surface area contributed by atoms with Gasteiger partial charge in [-0.2, -0.15) is 0 Å². The molecule has 0 fully saturated rings. The van der Waals surface area contributed by atoms with E-state index >= 15 is 0 Å². The van der Waals surface area contributed by atoms with Gasteiger partial charge in [-0.05, 0) is 43.8 Å². The largest absolute Gasteiger partial charge is 0.391 e. The molecule has 0 aliphatic carbocycles. The summed E-state index contributed by atoms with van der Waals surface area (Å²) in [6.07, 6.45) is 1.23. The first-order valence-corrected chi connectivity index (χ1v) is 7.31. The van der Waals surface area contributed by atoms with E-state index in [-0.39, 0.29) is 11.6 Å². The Bertz CT molecular complexity index is 573. The number of benzene rings is 2. The molecule has 0 heterocycles. The average Bonchev–Trinajstić information content (AvgIpc) is 2.46. The molecule has 2 rings (SSSR count). The molecule has 0 aromatic heterocycles. The third-order valence-electron chi connectivity index (χ3n) is 4.75. The van der Waals surface area contributed by atoms with E-state index in [1.807, 2.05) is 14.1 Å². The predicted octanol–water partition coefficient (Wildman–Crippen LogP) is 3.47. The fourth-order valence-electron chi connectivity index (χ4n) is 2.75. The second kappa shape index (κ2) is 5.94. The van der Waals surface area contributed by atoms with E-state index in [0.717, 1.165) is 6.42 Å². The van der Waals surface area contributed by atoms with Crippen LogP contribution in [0.3, 0.4) is 0 Å². The minimum absolute atomic E-state index is 0.197. The van der Waals surface area contributed by atoms with Crippen LogP contribution in [0.15, 0.2) is 42.5 Å². The smallest absolute Gasteiger partial charge is 0.0761 e. The first-order chi connectivity index (χ1) is 9.49. The quantitative estimate of drug-likeness (QED) is 0.900. The summed E-state index contributed by atoms with van der Waals surface area (Å²) in [4.78, 5) is 2.13. The molecule has 2 nitrogen and oxygen atoms in total. The monoisotopic (exact) mass is 271 g/mol. The van der Waals surface area contributed by atoms with Crippen molar-refractivity contribution >= 4 is 10.8 Å². The number of aliphatic hydroxyl groups excluding tert-OH is 1. The SMILES string of the molecule is CCC(C)(C(O)Cc1cccc2ccccc12)N(C)C. The highest BCUT2D eigenvalue weighted by Crippen LogP contribution is 2.26. The second-order valence-electron chi connectivity index (χ2n) is 5.96. The molecule has 0 aliphatic rings. The molecule has 0 spiro atoms. The van der Waals surface area contributed by atoms with Gasteiger partial charge in [-0.15, -0.1) is 0 Å². The summed E-state index contributed by atoms with van der Waals surface area (Å²) in [5.41, 5.74) is 1.02. The molecule has 0 amide bonds. The zero-order valence-electron chi connectivity index (χ0n) is 12.9. The summed E-state index contributed by atoms with van der Waals surface area (Å²) in [7, 11) is 4.08. The molecule has 2 unspecified atom stereocenters. The maximum atomic E-state index is 10.7. The topological polar surface area (TPSA) is 23.5 Å². The zero-order valence-corrected chi connectivity index (χ0v) is 12.9. The Morgan fingerprint density at radius 3 is 2.40 bits per heavy atom. The van der Waals surface area contributed by atoms with Crippen LogP contribution in [0, 0.1) is 0 Å². The number of fused-ring (bicyclic) bond motifs is 1. The van der Waals surface area contributed by atoms with Crippen LogP contribution in [-0.4, -0.2) is 35.7 Å². The van der Waals surface area contributed by atoms with E-state index in [1.165, 1.54) is 16.3 Å². The molecule has 0 radical (unpaired) electrons. The van der Waals surface area contributed by atoms with Crippen molar-refractivity contribution < 1.29 is 5.11 Å². The molecule has 2 atom stereocenters.